The van der Waals surface area contributed by atoms with E-state index in [2.05, 4.69) is 10.2 Å². The van der Waals surface area contributed by atoms with Gasteiger partial charge in [0.05, 0.1) is 4.90 Å². The fourth-order valence-electron chi connectivity index (χ4n) is 3.46. The Hall–Kier alpha value is -0.660. The van der Waals surface area contributed by atoms with Gasteiger partial charge in [0.25, 0.3) is 0 Å². The van der Waals surface area contributed by atoms with Crippen LogP contribution in [0.4, 0.5) is 0 Å². The van der Waals surface area contributed by atoms with Crippen LogP contribution >= 0.6 is 12.4 Å². The summed E-state index contributed by atoms with van der Waals surface area (Å²) in [4.78, 5) is 2.83. The van der Waals surface area contributed by atoms with Gasteiger partial charge in [-0.05, 0) is 50.9 Å². The first-order valence-electron chi connectivity index (χ1n) is 8.55. The molecule has 7 heteroatoms. The molecular weight excluding hydrogens is 346 g/mol. The van der Waals surface area contributed by atoms with Gasteiger partial charge in [-0.15, -0.1) is 12.4 Å². The first-order valence-corrected chi connectivity index (χ1v) is 9.99. The predicted molar refractivity (Wildman–Crippen MR) is 99.2 cm³/mol. The van der Waals surface area contributed by atoms with Crippen LogP contribution in [-0.2, 0) is 10.0 Å². The van der Waals surface area contributed by atoms with Gasteiger partial charge in [0.15, 0.2) is 0 Å². The summed E-state index contributed by atoms with van der Waals surface area (Å²) in [6.45, 7) is 8.15. The van der Waals surface area contributed by atoms with E-state index >= 15 is 0 Å². The summed E-state index contributed by atoms with van der Waals surface area (Å²) in [5, 5.41) is 3.45. The van der Waals surface area contributed by atoms with Crippen molar-refractivity contribution in [3.05, 3.63) is 29.8 Å². The Morgan fingerprint density at radius 2 is 1.79 bits per heavy atom. The minimum atomic E-state index is -3.34. The van der Waals surface area contributed by atoms with Crippen molar-refractivity contribution in [1.29, 1.82) is 0 Å². The van der Waals surface area contributed by atoms with Gasteiger partial charge in [0.1, 0.15) is 0 Å². The molecule has 2 aliphatic heterocycles. The zero-order valence-corrected chi connectivity index (χ0v) is 15.9. The van der Waals surface area contributed by atoms with Crippen LogP contribution in [0.2, 0.25) is 0 Å². The summed E-state index contributed by atoms with van der Waals surface area (Å²) in [7, 11) is -3.34. The fourth-order valence-corrected chi connectivity index (χ4v) is 4.88. The van der Waals surface area contributed by atoms with Crippen LogP contribution in [0, 0.1) is 12.8 Å². The van der Waals surface area contributed by atoms with Crippen molar-refractivity contribution in [3.63, 3.8) is 0 Å². The predicted octanol–water partition coefficient (Wildman–Crippen LogP) is 1.72. The maximum Gasteiger partial charge on any atom is 0.243 e. The molecule has 0 spiro atoms. The highest BCUT2D eigenvalue weighted by Crippen LogP contribution is 2.19. The Labute approximate surface area is 151 Å². The highest BCUT2D eigenvalue weighted by atomic mass is 35.5. The Morgan fingerprint density at radius 3 is 2.38 bits per heavy atom. The number of sulfonamides is 1. The average Bonchev–Trinajstić information content (AvgIpc) is 2.57. The van der Waals surface area contributed by atoms with Crippen molar-refractivity contribution in [2.75, 3.05) is 45.8 Å². The quantitative estimate of drug-likeness (QED) is 0.873. The highest BCUT2D eigenvalue weighted by Gasteiger charge is 2.29. The standard InChI is InChI=1S/C17H27N3O2S.ClH/c1-15-4-6-17(7-5-15)23(21,22)20-11-9-19(10-12-20)14-16-3-2-8-18-13-16;/h4-7,16,18H,2-3,8-14H2,1H3;1H. The van der Waals surface area contributed by atoms with E-state index in [4.69, 9.17) is 0 Å². The van der Waals surface area contributed by atoms with Gasteiger partial charge >= 0.3 is 0 Å². The molecule has 136 valence electrons. The Kier molecular flexibility index (Phi) is 7.07. The number of aryl methyl sites for hydroxylation is 1. The Balaban J connectivity index is 0.00000208. The van der Waals surface area contributed by atoms with Crippen molar-refractivity contribution in [3.8, 4) is 0 Å². The van der Waals surface area contributed by atoms with Gasteiger partial charge in [-0.2, -0.15) is 4.31 Å². The van der Waals surface area contributed by atoms with Crippen molar-refractivity contribution < 1.29 is 8.42 Å². The molecule has 1 aromatic rings. The zero-order valence-electron chi connectivity index (χ0n) is 14.3. The lowest BCUT2D eigenvalue weighted by Gasteiger charge is -2.36. The van der Waals surface area contributed by atoms with Gasteiger partial charge in [-0.25, -0.2) is 8.42 Å². The first kappa shape index (κ1) is 19.7. The van der Waals surface area contributed by atoms with E-state index in [-0.39, 0.29) is 12.4 Å². The second-order valence-corrected chi connectivity index (χ2v) is 8.67. The molecule has 2 fully saturated rings. The molecule has 0 amide bonds. The largest absolute Gasteiger partial charge is 0.316 e. The molecule has 0 bridgehead atoms. The highest BCUT2D eigenvalue weighted by molar-refractivity contribution is 7.89. The van der Waals surface area contributed by atoms with Crippen molar-refractivity contribution >= 4 is 22.4 Å². The summed E-state index contributed by atoms with van der Waals surface area (Å²) < 4.78 is 27.0. The number of hydrogen-bond donors (Lipinski definition) is 1. The fraction of sp³-hybridized carbons (Fsp3) is 0.647. The maximum atomic E-state index is 12.7. The van der Waals surface area contributed by atoms with Crippen molar-refractivity contribution in [2.24, 2.45) is 5.92 Å². The third kappa shape index (κ3) is 4.70. The second kappa shape index (κ2) is 8.63. The summed E-state index contributed by atoms with van der Waals surface area (Å²) in [5.41, 5.74) is 1.08. The van der Waals surface area contributed by atoms with Crippen LogP contribution in [0.3, 0.4) is 0 Å². The summed E-state index contributed by atoms with van der Waals surface area (Å²) in [5.74, 6) is 0.712. The van der Waals surface area contributed by atoms with Crippen LogP contribution in [0.1, 0.15) is 18.4 Å². The van der Waals surface area contributed by atoms with Gasteiger partial charge in [-0.3, -0.25) is 0 Å². The monoisotopic (exact) mass is 373 g/mol. The number of nitrogens with zero attached hydrogens (tertiary/aromatic N) is 2. The van der Waals surface area contributed by atoms with E-state index in [1.807, 2.05) is 19.1 Å². The molecule has 3 rings (SSSR count). The van der Waals surface area contributed by atoms with E-state index in [0.29, 0.717) is 23.9 Å². The molecule has 1 N–H and O–H groups in total. The van der Waals surface area contributed by atoms with E-state index < -0.39 is 10.0 Å². The second-order valence-electron chi connectivity index (χ2n) is 6.73. The average molecular weight is 374 g/mol. The van der Waals surface area contributed by atoms with E-state index in [9.17, 15) is 8.42 Å². The first-order chi connectivity index (χ1) is 11.1. The summed E-state index contributed by atoms with van der Waals surface area (Å²) >= 11 is 0. The normalized spacial score (nSPS) is 23.6. The van der Waals surface area contributed by atoms with Crippen LogP contribution in [0.25, 0.3) is 0 Å². The van der Waals surface area contributed by atoms with Crippen molar-refractivity contribution in [1.82, 2.24) is 14.5 Å². The molecule has 2 aliphatic rings. The number of piperidine rings is 1. The number of hydrogen-bond acceptors (Lipinski definition) is 4. The van der Waals surface area contributed by atoms with Crippen LogP contribution in [-0.4, -0.2) is 63.4 Å². The van der Waals surface area contributed by atoms with Crippen LogP contribution in [0.5, 0.6) is 0 Å². The molecule has 24 heavy (non-hydrogen) atoms. The number of halogens is 1. The van der Waals surface area contributed by atoms with E-state index in [1.165, 1.54) is 12.8 Å². The number of rotatable bonds is 4. The molecule has 1 atom stereocenters. The SMILES string of the molecule is Cc1ccc(S(=O)(=O)N2CCN(CC3CCCNC3)CC2)cc1.Cl. The smallest absolute Gasteiger partial charge is 0.243 e. The summed E-state index contributed by atoms with van der Waals surface area (Å²) in [6.07, 6.45) is 2.54. The number of piperazine rings is 1. The van der Waals surface area contributed by atoms with Gasteiger partial charge in [0.2, 0.25) is 10.0 Å². The number of benzene rings is 1. The summed E-state index contributed by atoms with van der Waals surface area (Å²) in [6, 6.07) is 7.15. The van der Waals surface area contributed by atoms with Crippen LogP contribution < -0.4 is 5.32 Å². The molecule has 2 saturated heterocycles. The molecule has 0 aromatic heterocycles. The van der Waals surface area contributed by atoms with Gasteiger partial charge in [-0.1, -0.05) is 17.7 Å². The molecule has 0 radical (unpaired) electrons. The topological polar surface area (TPSA) is 52.7 Å². The molecule has 2 heterocycles. The minimum Gasteiger partial charge on any atom is -0.316 e. The third-order valence-corrected chi connectivity index (χ3v) is 6.82. The van der Waals surface area contributed by atoms with Crippen molar-refractivity contribution in [2.45, 2.75) is 24.7 Å². The lowest BCUT2D eigenvalue weighted by Crippen LogP contribution is -2.50. The molecule has 0 aliphatic carbocycles. The molecular formula is C17H28ClN3O2S. The zero-order chi connectivity index (χ0) is 16.3. The van der Waals surface area contributed by atoms with E-state index in [0.717, 1.165) is 38.3 Å². The Bertz CT molecular complexity index is 607. The van der Waals surface area contributed by atoms with Crippen LogP contribution in [0.15, 0.2) is 29.2 Å². The minimum absolute atomic E-state index is 0. The number of nitrogens with one attached hydrogen (secondary N) is 1. The lowest BCUT2D eigenvalue weighted by molar-refractivity contribution is 0.154. The molecule has 0 saturated carbocycles. The van der Waals surface area contributed by atoms with Gasteiger partial charge < -0.3 is 10.2 Å². The Morgan fingerprint density at radius 1 is 1.12 bits per heavy atom. The van der Waals surface area contributed by atoms with Gasteiger partial charge in [0, 0.05) is 32.7 Å². The molecule has 5 nitrogen and oxygen atoms in total. The maximum absolute atomic E-state index is 12.7. The van der Waals surface area contributed by atoms with E-state index in [1.54, 1.807) is 16.4 Å². The molecule has 1 aromatic carbocycles. The third-order valence-electron chi connectivity index (χ3n) is 4.91. The molecule has 1 unspecified atom stereocenters. The lowest BCUT2D eigenvalue weighted by atomic mass is 9.99.